The van der Waals surface area contributed by atoms with Crippen LogP contribution >= 0.6 is 11.8 Å². The summed E-state index contributed by atoms with van der Waals surface area (Å²) in [6, 6.07) is 1.39. The van der Waals surface area contributed by atoms with Gasteiger partial charge in [-0.25, -0.2) is 9.78 Å². The summed E-state index contributed by atoms with van der Waals surface area (Å²) in [6.07, 6.45) is 1.51. The second kappa shape index (κ2) is 4.10. The first kappa shape index (κ1) is 11.8. The predicted octanol–water partition coefficient (Wildman–Crippen LogP) is 2.25. The Kier molecular flexibility index (Phi) is 3.24. The molecule has 0 radical (unpaired) electrons. The highest BCUT2D eigenvalue weighted by atomic mass is 32.2. The fourth-order valence-electron chi connectivity index (χ4n) is 1.04. The van der Waals surface area contributed by atoms with E-state index < -0.39 is 5.97 Å². The lowest BCUT2D eigenvalue weighted by molar-refractivity contribution is 0.0693. The molecule has 1 rings (SSSR count). The molecule has 82 valence electrons. The minimum atomic E-state index is -0.976. The monoisotopic (exact) mass is 226 g/mol. The SMILES string of the molecule is CC(C)(C)Sc1cnc(N)cc1C(=O)O. The van der Waals surface area contributed by atoms with Gasteiger partial charge in [-0.2, -0.15) is 0 Å². The van der Waals surface area contributed by atoms with Gasteiger partial charge in [0.1, 0.15) is 5.82 Å². The maximum atomic E-state index is 11.0. The second-order valence-corrected chi connectivity index (χ2v) is 5.99. The quantitative estimate of drug-likeness (QED) is 0.756. The molecule has 4 nitrogen and oxygen atoms in total. The van der Waals surface area contributed by atoms with Gasteiger partial charge in [0.2, 0.25) is 0 Å². The number of anilines is 1. The van der Waals surface area contributed by atoms with Gasteiger partial charge in [0.15, 0.2) is 0 Å². The number of rotatable bonds is 2. The molecule has 1 aromatic heterocycles. The van der Waals surface area contributed by atoms with Gasteiger partial charge in [0.25, 0.3) is 0 Å². The molecule has 0 saturated heterocycles. The Bertz CT molecular complexity index is 385. The maximum Gasteiger partial charge on any atom is 0.337 e. The van der Waals surface area contributed by atoms with Crippen LogP contribution in [0.1, 0.15) is 31.1 Å². The number of carboxylic acids is 1. The number of carboxylic acid groups (broad SMARTS) is 1. The minimum Gasteiger partial charge on any atom is -0.478 e. The van der Waals surface area contributed by atoms with Gasteiger partial charge in [0.05, 0.1) is 5.56 Å². The Morgan fingerprint density at radius 1 is 1.53 bits per heavy atom. The van der Waals surface area contributed by atoms with Crippen molar-refractivity contribution >= 4 is 23.5 Å². The molecule has 0 aromatic carbocycles. The van der Waals surface area contributed by atoms with Crippen LogP contribution in [0, 0.1) is 0 Å². The van der Waals surface area contributed by atoms with Crippen LogP contribution in [0.5, 0.6) is 0 Å². The van der Waals surface area contributed by atoms with E-state index in [0.717, 1.165) is 0 Å². The van der Waals surface area contributed by atoms with Crippen LogP contribution in [0.15, 0.2) is 17.2 Å². The zero-order valence-corrected chi connectivity index (χ0v) is 9.76. The van der Waals surface area contributed by atoms with E-state index in [2.05, 4.69) is 4.98 Å². The van der Waals surface area contributed by atoms with Crippen molar-refractivity contribution in [1.82, 2.24) is 4.98 Å². The molecule has 0 aliphatic carbocycles. The molecule has 0 amide bonds. The standard InChI is InChI=1S/C10H14N2O2S/c1-10(2,3)15-7-5-12-8(11)4-6(7)9(13)14/h4-5H,1-3H3,(H2,11,12)(H,13,14). The lowest BCUT2D eigenvalue weighted by atomic mass is 10.2. The molecule has 0 fully saturated rings. The number of hydrogen-bond donors (Lipinski definition) is 2. The Morgan fingerprint density at radius 3 is 2.60 bits per heavy atom. The highest BCUT2D eigenvalue weighted by Gasteiger charge is 2.18. The molecule has 0 unspecified atom stereocenters. The van der Waals surface area contributed by atoms with E-state index >= 15 is 0 Å². The average Bonchev–Trinajstić information content (AvgIpc) is 2.05. The molecule has 1 aromatic rings. The van der Waals surface area contributed by atoms with Crippen molar-refractivity contribution in [3.63, 3.8) is 0 Å². The van der Waals surface area contributed by atoms with Gasteiger partial charge >= 0.3 is 5.97 Å². The number of nitrogens with two attached hydrogens (primary N) is 1. The van der Waals surface area contributed by atoms with Gasteiger partial charge in [-0.1, -0.05) is 20.8 Å². The van der Waals surface area contributed by atoms with Crippen molar-refractivity contribution in [2.24, 2.45) is 0 Å². The summed E-state index contributed by atoms with van der Waals surface area (Å²) < 4.78 is -0.0536. The van der Waals surface area contributed by atoms with E-state index in [1.54, 1.807) is 0 Å². The predicted molar refractivity (Wildman–Crippen MR) is 61.2 cm³/mol. The zero-order valence-electron chi connectivity index (χ0n) is 8.94. The largest absolute Gasteiger partial charge is 0.478 e. The third kappa shape index (κ3) is 3.43. The summed E-state index contributed by atoms with van der Waals surface area (Å²) in [6.45, 7) is 6.04. The molecule has 1 heterocycles. The van der Waals surface area contributed by atoms with Gasteiger partial charge in [-0.15, -0.1) is 11.8 Å². The van der Waals surface area contributed by atoms with Crippen molar-refractivity contribution in [2.75, 3.05) is 5.73 Å². The number of nitrogen functional groups attached to an aromatic ring is 1. The fourth-order valence-corrected chi connectivity index (χ4v) is 2.06. The number of hydrogen-bond acceptors (Lipinski definition) is 4. The number of aromatic nitrogens is 1. The number of nitrogens with zero attached hydrogens (tertiary/aromatic N) is 1. The van der Waals surface area contributed by atoms with Crippen LogP contribution in [0.3, 0.4) is 0 Å². The molecule has 5 heteroatoms. The molecular formula is C10H14N2O2S. The minimum absolute atomic E-state index is 0.0536. The van der Waals surface area contributed by atoms with E-state index in [1.165, 1.54) is 24.0 Å². The molecule has 0 atom stereocenters. The molecular weight excluding hydrogens is 212 g/mol. The lowest BCUT2D eigenvalue weighted by Gasteiger charge is -2.18. The van der Waals surface area contributed by atoms with Gasteiger partial charge < -0.3 is 10.8 Å². The maximum absolute atomic E-state index is 11.0. The van der Waals surface area contributed by atoms with Crippen LogP contribution < -0.4 is 5.73 Å². The Hall–Kier alpha value is -1.23. The van der Waals surface area contributed by atoms with Crippen LogP contribution in [-0.2, 0) is 0 Å². The molecule has 0 bridgehead atoms. The zero-order chi connectivity index (χ0) is 11.6. The third-order valence-electron chi connectivity index (χ3n) is 1.54. The smallest absolute Gasteiger partial charge is 0.337 e. The van der Waals surface area contributed by atoms with Crippen molar-refractivity contribution in [3.05, 3.63) is 17.8 Å². The number of carbonyl (C=O) groups is 1. The number of pyridine rings is 1. The van der Waals surface area contributed by atoms with Crippen LogP contribution in [0.25, 0.3) is 0 Å². The Labute approximate surface area is 92.9 Å². The van der Waals surface area contributed by atoms with E-state index in [4.69, 9.17) is 10.8 Å². The summed E-state index contributed by atoms with van der Waals surface area (Å²) in [5.74, 6) is -0.749. The number of aromatic carboxylic acids is 1. The summed E-state index contributed by atoms with van der Waals surface area (Å²) in [5.41, 5.74) is 5.66. The first-order chi connectivity index (χ1) is 6.79. The van der Waals surface area contributed by atoms with Crippen molar-refractivity contribution in [3.8, 4) is 0 Å². The molecule has 0 spiro atoms. The first-order valence-corrected chi connectivity index (χ1v) is 5.29. The van der Waals surface area contributed by atoms with Crippen molar-refractivity contribution < 1.29 is 9.90 Å². The molecule has 0 aliphatic heterocycles. The fraction of sp³-hybridized carbons (Fsp3) is 0.400. The van der Waals surface area contributed by atoms with Gasteiger partial charge in [0, 0.05) is 15.8 Å². The first-order valence-electron chi connectivity index (χ1n) is 4.47. The average molecular weight is 226 g/mol. The van der Waals surface area contributed by atoms with Crippen LogP contribution in [0.2, 0.25) is 0 Å². The summed E-state index contributed by atoms with van der Waals surface area (Å²) in [4.78, 5) is 15.5. The summed E-state index contributed by atoms with van der Waals surface area (Å²) >= 11 is 1.47. The summed E-state index contributed by atoms with van der Waals surface area (Å²) in [7, 11) is 0. The van der Waals surface area contributed by atoms with Gasteiger partial charge in [-0.05, 0) is 6.07 Å². The third-order valence-corrected chi connectivity index (χ3v) is 2.69. The van der Waals surface area contributed by atoms with Crippen LogP contribution in [-0.4, -0.2) is 20.8 Å². The Morgan fingerprint density at radius 2 is 2.13 bits per heavy atom. The topological polar surface area (TPSA) is 76.2 Å². The molecule has 15 heavy (non-hydrogen) atoms. The molecule has 3 N–H and O–H groups in total. The highest BCUT2D eigenvalue weighted by Crippen LogP contribution is 2.34. The van der Waals surface area contributed by atoms with E-state index in [1.807, 2.05) is 20.8 Å². The molecule has 0 saturated carbocycles. The second-order valence-electron chi connectivity index (χ2n) is 4.12. The van der Waals surface area contributed by atoms with Crippen LogP contribution in [0.4, 0.5) is 5.82 Å². The van der Waals surface area contributed by atoms with E-state index in [9.17, 15) is 4.79 Å². The number of thioether (sulfide) groups is 1. The molecule has 0 aliphatic rings. The lowest BCUT2D eigenvalue weighted by Crippen LogP contribution is -2.10. The highest BCUT2D eigenvalue weighted by molar-refractivity contribution is 8.00. The normalized spacial score (nSPS) is 11.4. The van der Waals surface area contributed by atoms with E-state index in [-0.39, 0.29) is 16.1 Å². The van der Waals surface area contributed by atoms with E-state index in [0.29, 0.717) is 4.90 Å². The van der Waals surface area contributed by atoms with Crippen molar-refractivity contribution in [2.45, 2.75) is 30.4 Å². The van der Waals surface area contributed by atoms with Crippen molar-refractivity contribution in [1.29, 1.82) is 0 Å². The Balaban J connectivity index is 3.12. The van der Waals surface area contributed by atoms with Gasteiger partial charge in [-0.3, -0.25) is 0 Å². The summed E-state index contributed by atoms with van der Waals surface area (Å²) in [5, 5.41) is 8.99.